The lowest BCUT2D eigenvalue weighted by Crippen LogP contribution is -1.94. The molecule has 0 atom stereocenters. The minimum atomic E-state index is 0.659. The number of nitriles is 2. The Bertz CT molecular complexity index is 7830. The second-order valence-corrected chi connectivity index (χ2v) is 28.7. The zero-order valence-electron chi connectivity index (χ0n) is 59.2. The van der Waals surface area contributed by atoms with Gasteiger partial charge >= 0.3 is 0 Å². The van der Waals surface area contributed by atoms with Gasteiger partial charge in [0.15, 0.2) is 0 Å². The number of para-hydroxylation sites is 3. The molecule has 506 valence electrons. The summed E-state index contributed by atoms with van der Waals surface area (Å²) in [5.74, 6) is 0. The van der Waals surface area contributed by atoms with Crippen LogP contribution in [0.5, 0.6) is 0 Å². The van der Waals surface area contributed by atoms with Gasteiger partial charge in [-0.25, -0.2) is 4.98 Å². The first-order valence-electron chi connectivity index (χ1n) is 37.1. The van der Waals surface area contributed by atoms with Crippen molar-refractivity contribution in [1.82, 2.24) is 24.1 Å². The van der Waals surface area contributed by atoms with E-state index in [0.29, 0.717) is 11.1 Å². The highest BCUT2D eigenvalue weighted by Crippen LogP contribution is 2.49. The topological polar surface area (TPSA) is 96.1 Å². The Kier molecular flexibility index (Phi) is 14.0. The van der Waals surface area contributed by atoms with Crippen LogP contribution in [-0.2, 0) is 0 Å². The molecule has 0 aliphatic heterocycles. The molecule has 0 amide bonds. The van der Waals surface area contributed by atoms with Crippen LogP contribution in [0.25, 0.3) is 219 Å². The Hall–Kier alpha value is -15.2. The maximum atomic E-state index is 10.0. The van der Waals surface area contributed by atoms with Gasteiger partial charge in [-0.05, 0) is 253 Å². The van der Waals surface area contributed by atoms with Crippen LogP contribution in [0.15, 0.2) is 358 Å². The van der Waals surface area contributed by atoms with E-state index < -0.39 is 0 Å². The summed E-state index contributed by atoms with van der Waals surface area (Å²) in [5.41, 5.74) is 22.3. The largest absolute Gasteiger partial charge is 0.309 e. The van der Waals surface area contributed by atoms with Crippen LogP contribution in [0, 0.1) is 22.7 Å². The average molecular weight is 1390 g/mol. The third-order valence-electron chi connectivity index (χ3n) is 22.8. The zero-order chi connectivity index (χ0) is 72.7. The van der Waals surface area contributed by atoms with Crippen molar-refractivity contribution in [2.45, 2.75) is 0 Å². The first-order valence-corrected chi connectivity index (χ1v) is 37.1. The van der Waals surface area contributed by atoms with Gasteiger partial charge in [0.25, 0.3) is 0 Å². The lowest BCUT2D eigenvalue weighted by atomic mass is 9.87. The Morgan fingerprint density at radius 3 is 1.09 bits per heavy atom. The summed E-state index contributed by atoms with van der Waals surface area (Å²) < 4.78 is 4.66. The molecule has 0 saturated heterocycles. The maximum Gasteiger partial charge on any atom is 0.0992 e. The van der Waals surface area contributed by atoms with Crippen LogP contribution >= 0.6 is 0 Å². The molecule has 110 heavy (non-hydrogen) atoms. The van der Waals surface area contributed by atoms with E-state index in [0.717, 1.165) is 99.9 Å². The zero-order valence-corrected chi connectivity index (χ0v) is 59.2. The van der Waals surface area contributed by atoms with Crippen molar-refractivity contribution in [1.29, 1.82) is 10.5 Å². The van der Waals surface area contributed by atoms with Gasteiger partial charge in [-0.1, -0.05) is 212 Å². The van der Waals surface area contributed by atoms with Crippen LogP contribution in [0.3, 0.4) is 0 Å². The van der Waals surface area contributed by atoms with E-state index >= 15 is 0 Å². The molecule has 0 radical (unpaired) electrons. The SMILES string of the molecule is N#Cc1cc2ccc3cc(-c4cc5c6ccccc6c(-c6ccc(-c7cccc8cccnc78)cc6)cc5c5ccccc45)cc4c3c2c(c1)n4-c1ccccc1.N#Cc1cc2ccc3cc(-c4cc5c6ccccc6c(-c6cccc(-c7ccncc7)n6)cc5c5ccccc45)cc4c3c2c(c1)n4-c1ccccc1. The second-order valence-electron chi connectivity index (χ2n) is 28.7. The molecule has 0 bridgehead atoms. The third-order valence-corrected chi connectivity index (χ3v) is 22.8. The van der Waals surface area contributed by atoms with E-state index in [-0.39, 0.29) is 0 Å². The van der Waals surface area contributed by atoms with Crippen molar-refractivity contribution < 1.29 is 0 Å². The van der Waals surface area contributed by atoms with Crippen molar-refractivity contribution in [3.8, 4) is 90.5 Å². The first-order chi connectivity index (χ1) is 54.4. The van der Waals surface area contributed by atoms with Crippen LogP contribution in [0.4, 0.5) is 0 Å². The van der Waals surface area contributed by atoms with E-state index in [1.807, 2.05) is 67.1 Å². The third kappa shape index (κ3) is 9.72. The number of aromatic nitrogens is 5. The smallest absolute Gasteiger partial charge is 0.0992 e. The summed E-state index contributed by atoms with van der Waals surface area (Å²) >= 11 is 0. The molecule has 5 aromatic heterocycles. The summed E-state index contributed by atoms with van der Waals surface area (Å²) in [4.78, 5) is 14.1. The molecular formula is C103H59N7. The maximum absolute atomic E-state index is 10.0. The Morgan fingerprint density at radius 1 is 0.236 bits per heavy atom. The Morgan fingerprint density at radius 2 is 0.618 bits per heavy atom. The number of pyridine rings is 3. The van der Waals surface area contributed by atoms with Gasteiger partial charge in [-0.15, -0.1) is 0 Å². The highest BCUT2D eigenvalue weighted by atomic mass is 15.0. The fourth-order valence-electron chi connectivity index (χ4n) is 18.0. The van der Waals surface area contributed by atoms with Gasteiger partial charge in [-0.3, -0.25) is 9.97 Å². The van der Waals surface area contributed by atoms with Crippen molar-refractivity contribution in [2.75, 3.05) is 0 Å². The fraction of sp³-hybridized carbons (Fsp3) is 0. The lowest BCUT2D eigenvalue weighted by molar-refractivity contribution is 1.18. The predicted octanol–water partition coefficient (Wildman–Crippen LogP) is 26.8. The van der Waals surface area contributed by atoms with Crippen molar-refractivity contribution in [3.63, 3.8) is 0 Å². The number of benzene rings is 18. The van der Waals surface area contributed by atoms with Gasteiger partial charge in [0.2, 0.25) is 0 Å². The standard InChI is InChI=1S/C54H31N3.C49H28N4/c55-32-33-26-37-23-24-38-28-39(29-51-53(38)52(37)50(27-33)57(51)40-12-2-1-3-13-40)47-31-49-44-16-6-4-14-42(44)46(30-48(49)45-17-7-5-15-43(45)47)35-21-19-34(20-22-35)41-18-8-10-36-11-9-25-56-54(36)41;50-29-30-23-32-17-18-33-25-34(26-47-49(33)48(32)46(24-30)53(47)35-9-2-1-3-10-35)40-27-41-38-13-6-7-14-39(38)43(28-42(41)37-12-5-4-11-36(37)40)45-16-8-15-44(52-45)31-19-21-51-22-20-31/h1-31H;1-28H. The van der Waals surface area contributed by atoms with Crippen LogP contribution < -0.4 is 0 Å². The molecule has 7 nitrogen and oxygen atoms in total. The van der Waals surface area contributed by atoms with Gasteiger partial charge in [0.05, 0.1) is 62.2 Å². The number of rotatable bonds is 8. The number of fused-ring (bicyclic) bond motifs is 11. The van der Waals surface area contributed by atoms with E-state index in [9.17, 15) is 10.5 Å². The molecule has 7 heteroatoms. The first kappa shape index (κ1) is 62.2. The fourth-order valence-corrected chi connectivity index (χ4v) is 18.0. The van der Waals surface area contributed by atoms with Gasteiger partial charge in [0.1, 0.15) is 0 Å². The quantitative estimate of drug-likeness (QED) is 0.141. The van der Waals surface area contributed by atoms with E-state index in [1.54, 1.807) is 0 Å². The van der Waals surface area contributed by atoms with E-state index in [2.05, 4.69) is 317 Å². The Labute approximate surface area is 631 Å². The van der Waals surface area contributed by atoms with Crippen LogP contribution in [-0.4, -0.2) is 24.1 Å². The summed E-state index contributed by atoms with van der Waals surface area (Å²) in [6, 6.07) is 126. The molecule has 23 aromatic rings. The number of hydrogen-bond acceptors (Lipinski definition) is 5. The lowest BCUT2D eigenvalue weighted by Gasteiger charge is -2.17. The van der Waals surface area contributed by atoms with Crippen LogP contribution in [0.1, 0.15) is 11.1 Å². The van der Waals surface area contributed by atoms with Gasteiger partial charge < -0.3 is 9.13 Å². The van der Waals surface area contributed by atoms with E-state index in [4.69, 9.17) is 9.97 Å². The highest BCUT2D eigenvalue weighted by molar-refractivity contribution is 6.30. The van der Waals surface area contributed by atoms with Crippen molar-refractivity contribution in [3.05, 3.63) is 369 Å². The molecule has 0 fully saturated rings. The van der Waals surface area contributed by atoms with Crippen LogP contribution in [0.2, 0.25) is 0 Å². The van der Waals surface area contributed by atoms with E-state index in [1.165, 1.54) is 119 Å². The normalized spacial score (nSPS) is 11.8. The summed E-state index contributed by atoms with van der Waals surface area (Å²) in [6.45, 7) is 0. The average Bonchev–Trinajstić information content (AvgIpc) is 1.58. The molecule has 0 saturated carbocycles. The Balaban J connectivity index is 0.000000136. The molecule has 0 aliphatic carbocycles. The summed E-state index contributed by atoms with van der Waals surface area (Å²) in [5, 5.41) is 45.0. The number of hydrogen-bond donors (Lipinski definition) is 0. The molecule has 0 aliphatic rings. The number of nitrogens with zero attached hydrogens (tertiary/aromatic N) is 7. The van der Waals surface area contributed by atoms with Gasteiger partial charge in [-0.2, -0.15) is 10.5 Å². The minimum absolute atomic E-state index is 0.659. The molecule has 23 rings (SSSR count). The monoisotopic (exact) mass is 1390 g/mol. The van der Waals surface area contributed by atoms with Crippen molar-refractivity contribution in [2.24, 2.45) is 0 Å². The molecule has 0 spiro atoms. The second kappa shape index (κ2) is 24.7. The van der Waals surface area contributed by atoms with Gasteiger partial charge in [0, 0.05) is 73.6 Å². The van der Waals surface area contributed by atoms with Crippen molar-refractivity contribution >= 4 is 141 Å². The predicted molar refractivity (Wildman–Crippen MR) is 457 cm³/mol. The highest BCUT2D eigenvalue weighted by Gasteiger charge is 2.25. The molecule has 5 heterocycles. The summed E-state index contributed by atoms with van der Waals surface area (Å²) in [7, 11) is 0. The molecular weight excluding hydrogens is 1340 g/mol. The minimum Gasteiger partial charge on any atom is -0.309 e. The molecule has 18 aromatic carbocycles. The molecule has 0 unspecified atom stereocenters. The molecule has 0 N–H and O–H groups in total. The summed E-state index contributed by atoms with van der Waals surface area (Å²) in [6.07, 6.45) is 5.49.